The molecular weight excluding hydrogens is 264 g/mol. The number of hydrogen-bond acceptors (Lipinski definition) is 4. The second-order valence-electron chi connectivity index (χ2n) is 6.50. The zero-order chi connectivity index (χ0) is 15.3. The van der Waals surface area contributed by atoms with Crippen molar-refractivity contribution in [2.24, 2.45) is 0 Å². The van der Waals surface area contributed by atoms with Gasteiger partial charge in [-0.3, -0.25) is 9.69 Å². The van der Waals surface area contributed by atoms with E-state index in [4.69, 9.17) is 4.74 Å². The molecule has 2 rings (SSSR count). The largest absolute Gasteiger partial charge is 0.465 e. The Morgan fingerprint density at radius 1 is 1.19 bits per heavy atom. The molecular formula is C17H32N2O2. The van der Waals surface area contributed by atoms with E-state index in [2.05, 4.69) is 24.1 Å². The molecule has 0 bridgehead atoms. The van der Waals surface area contributed by atoms with Gasteiger partial charge in [0.25, 0.3) is 0 Å². The lowest BCUT2D eigenvalue weighted by atomic mass is 9.96. The number of esters is 1. The number of likely N-dealkylation sites (N-methyl/N-ethyl adjacent to an activating group) is 1. The Bertz CT molecular complexity index is 342. The smallest absolute Gasteiger partial charge is 0.326 e. The highest BCUT2D eigenvalue weighted by Crippen LogP contribution is 2.37. The summed E-state index contributed by atoms with van der Waals surface area (Å²) in [6, 6.07) is 1.26. The number of ether oxygens (including phenoxy) is 1. The van der Waals surface area contributed by atoms with Crippen molar-refractivity contribution >= 4 is 5.97 Å². The summed E-state index contributed by atoms with van der Waals surface area (Å²) in [4.78, 5) is 15.1. The van der Waals surface area contributed by atoms with E-state index in [1.54, 1.807) is 0 Å². The molecule has 2 unspecified atom stereocenters. The molecule has 0 saturated heterocycles. The van der Waals surface area contributed by atoms with E-state index >= 15 is 0 Å². The summed E-state index contributed by atoms with van der Waals surface area (Å²) < 4.78 is 5.35. The van der Waals surface area contributed by atoms with E-state index in [9.17, 15) is 4.79 Å². The van der Waals surface area contributed by atoms with Gasteiger partial charge in [-0.2, -0.15) is 0 Å². The average Bonchev–Trinajstić information content (AvgIpc) is 3.12. The molecule has 0 amide bonds. The van der Waals surface area contributed by atoms with Crippen LogP contribution in [-0.4, -0.2) is 48.2 Å². The van der Waals surface area contributed by atoms with Crippen molar-refractivity contribution in [3.8, 4) is 0 Å². The van der Waals surface area contributed by atoms with Crippen LogP contribution in [0, 0.1) is 0 Å². The summed E-state index contributed by atoms with van der Waals surface area (Å²) in [6.45, 7) is 8.61. The van der Waals surface area contributed by atoms with Gasteiger partial charge in [-0.15, -0.1) is 0 Å². The van der Waals surface area contributed by atoms with Crippen molar-refractivity contribution in [3.05, 3.63) is 0 Å². The van der Waals surface area contributed by atoms with Gasteiger partial charge in [0, 0.05) is 12.1 Å². The third-order valence-electron chi connectivity index (χ3n) is 5.30. The number of nitrogens with one attached hydrogen (secondary N) is 1. The van der Waals surface area contributed by atoms with Crippen LogP contribution in [0.25, 0.3) is 0 Å². The van der Waals surface area contributed by atoms with Crippen LogP contribution in [0.15, 0.2) is 0 Å². The Labute approximate surface area is 129 Å². The molecule has 0 aromatic rings. The minimum Gasteiger partial charge on any atom is -0.465 e. The number of carbonyl (C=O) groups excluding carboxylic acids is 1. The fourth-order valence-electron chi connectivity index (χ4n) is 4.38. The van der Waals surface area contributed by atoms with Crippen molar-refractivity contribution in [2.75, 3.05) is 19.7 Å². The first-order chi connectivity index (χ1) is 10.2. The van der Waals surface area contributed by atoms with Crippen LogP contribution in [0.2, 0.25) is 0 Å². The van der Waals surface area contributed by atoms with Gasteiger partial charge in [0.2, 0.25) is 0 Å². The highest BCUT2D eigenvalue weighted by atomic mass is 16.5. The number of rotatable bonds is 7. The minimum atomic E-state index is -0.443. The van der Waals surface area contributed by atoms with E-state index < -0.39 is 5.54 Å². The predicted molar refractivity (Wildman–Crippen MR) is 85.3 cm³/mol. The highest BCUT2D eigenvalue weighted by Gasteiger charge is 2.48. The Hall–Kier alpha value is -0.610. The molecule has 2 aliphatic carbocycles. The van der Waals surface area contributed by atoms with Gasteiger partial charge < -0.3 is 10.1 Å². The first-order valence-corrected chi connectivity index (χ1v) is 8.84. The topological polar surface area (TPSA) is 41.6 Å². The van der Waals surface area contributed by atoms with Gasteiger partial charge in [0.15, 0.2) is 0 Å². The Morgan fingerprint density at radius 2 is 1.90 bits per heavy atom. The molecule has 2 saturated carbocycles. The molecule has 0 aromatic heterocycles. The molecule has 0 heterocycles. The van der Waals surface area contributed by atoms with Gasteiger partial charge in [-0.1, -0.05) is 26.7 Å². The predicted octanol–water partition coefficient (Wildman–Crippen LogP) is 2.71. The monoisotopic (exact) mass is 296 g/mol. The zero-order valence-corrected chi connectivity index (χ0v) is 14.0. The zero-order valence-electron chi connectivity index (χ0n) is 14.0. The maximum Gasteiger partial charge on any atom is 0.326 e. The SMILES string of the molecule is CCNC1(C(=O)OCC)CCC(N(CC)C2CCCC2)C1. The van der Waals surface area contributed by atoms with Crippen LogP contribution >= 0.6 is 0 Å². The quantitative estimate of drug-likeness (QED) is 0.734. The molecule has 0 radical (unpaired) electrons. The van der Waals surface area contributed by atoms with E-state index in [1.165, 1.54) is 25.7 Å². The molecule has 2 fully saturated rings. The van der Waals surface area contributed by atoms with E-state index in [0.717, 1.165) is 38.4 Å². The van der Waals surface area contributed by atoms with Crippen molar-refractivity contribution in [2.45, 2.75) is 83.3 Å². The molecule has 21 heavy (non-hydrogen) atoms. The summed E-state index contributed by atoms with van der Waals surface area (Å²) in [5, 5.41) is 3.44. The van der Waals surface area contributed by atoms with Crippen LogP contribution in [0.5, 0.6) is 0 Å². The number of hydrogen-bond donors (Lipinski definition) is 1. The standard InChI is InChI=1S/C17H32N2O2/c1-4-18-17(16(20)21-6-3)12-11-15(13-17)19(5-2)14-9-7-8-10-14/h14-15,18H,4-13H2,1-3H3. The fourth-order valence-corrected chi connectivity index (χ4v) is 4.38. The van der Waals surface area contributed by atoms with Crippen molar-refractivity contribution in [1.82, 2.24) is 10.2 Å². The summed E-state index contributed by atoms with van der Waals surface area (Å²) >= 11 is 0. The maximum absolute atomic E-state index is 12.4. The molecule has 0 aromatic carbocycles. The van der Waals surface area contributed by atoms with Crippen molar-refractivity contribution in [1.29, 1.82) is 0 Å². The lowest BCUT2D eigenvalue weighted by molar-refractivity contribution is -0.151. The van der Waals surface area contributed by atoms with Crippen molar-refractivity contribution < 1.29 is 9.53 Å². The second kappa shape index (κ2) is 7.59. The molecule has 2 atom stereocenters. The third-order valence-corrected chi connectivity index (χ3v) is 5.30. The van der Waals surface area contributed by atoms with Gasteiger partial charge in [-0.25, -0.2) is 0 Å². The van der Waals surface area contributed by atoms with Crippen LogP contribution in [-0.2, 0) is 9.53 Å². The van der Waals surface area contributed by atoms with Gasteiger partial charge in [-0.05, 0) is 52.1 Å². The summed E-state index contributed by atoms with van der Waals surface area (Å²) in [6.07, 6.45) is 8.32. The Kier molecular flexibility index (Phi) is 6.06. The van der Waals surface area contributed by atoms with E-state index in [0.29, 0.717) is 12.6 Å². The molecule has 4 heteroatoms. The molecule has 1 N–H and O–H groups in total. The Balaban J connectivity index is 2.05. The average molecular weight is 296 g/mol. The maximum atomic E-state index is 12.4. The molecule has 122 valence electrons. The van der Waals surface area contributed by atoms with Crippen LogP contribution < -0.4 is 5.32 Å². The molecule has 0 spiro atoms. The first-order valence-electron chi connectivity index (χ1n) is 8.84. The van der Waals surface area contributed by atoms with E-state index in [1.807, 2.05) is 6.92 Å². The fraction of sp³-hybridized carbons (Fsp3) is 0.941. The molecule has 2 aliphatic rings. The Morgan fingerprint density at radius 3 is 2.48 bits per heavy atom. The minimum absolute atomic E-state index is 0.0446. The normalized spacial score (nSPS) is 30.2. The van der Waals surface area contributed by atoms with Gasteiger partial charge >= 0.3 is 5.97 Å². The van der Waals surface area contributed by atoms with Crippen molar-refractivity contribution in [3.63, 3.8) is 0 Å². The van der Waals surface area contributed by atoms with Gasteiger partial charge in [0.1, 0.15) is 5.54 Å². The highest BCUT2D eigenvalue weighted by molar-refractivity contribution is 5.81. The third kappa shape index (κ3) is 3.59. The summed E-state index contributed by atoms with van der Waals surface area (Å²) in [5.41, 5.74) is -0.443. The first kappa shape index (κ1) is 16.8. The second-order valence-corrected chi connectivity index (χ2v) is 6.50. The number of nitrogens with zero attached hydrogens (tertiary/aromatic N) is 1. The molecule has 4 nitrogen and oxygen atoms in total. The van der Waals surface area contributed by atoms with Crippen LogP contribution in [0.3, 0.4) is 0 Å². The molecule has 0 aliphatic heterocycles. The lowest BCUT2D eigenvalue weighted by Gasteiger charge is -2.35. The van der Waals surface area contributed by atoms with Crippen LogP contribution in [0.4, 0.5) is 0 Å². The van der Waals surface area contributed by atoms with Gasteiger partial charge in [0.05, 0.1) is 6.61 Å². The van der Waals surface area contributed by atoms with Crippen LogP contribution in [0.1, 0.15) is 65.7 Å². The summed E-state index contributed by atoms with van der Waals surface area (Å²) in [7, 11) is 0. The number of carbonyl (C=O) groups is 1. The lowest BCUT2D eigenvalue weighted by Crippen LogP contribution is -2.52. The van der Waals surface area contributed by atoms with E-state index in [-0.39, 0.29) is 5.97 Å². The summed E-state index contributed by atoms with van der Waals surface area (Å²) in [5.74, 6) is -0.0446.